The van der Waals surface area contributed by atoms with Crippen molar-refractivity contribution in [1.82, 2.24) is 4.98 Å². The van der Waals surface area contributed by atoms with Gasteiger partial charge in [0.1, 0.15) is 11.5 Å². The Balaban J connectivity index is 1.78. The number of aryl methyl sites for hydroxylation is 1. The highest BCUT2D eigenvalue weighted by Gasteiger charge is 2.20. The topological polar surface area (TPSA) is 22.1 Å². The molecule has 2 nitrogen and oxygen atoms in total. The summed E-state index contributed by atoms with van der Waals surface area (Å²) in [7, 11) is 0. The van der Waals surface area contributed by atoms with E-state index in [0.29, 0.717) is 0 Å². The number of benzene rings is 3. The van der Waals surface area contributed by atoms with Crippen LogP contribution in [0.1, 0.15) is 5.56 Å². The zero-order chi connectivity index (χ0) is 17.5. The zero-order valence-corrected chi connectivity index (χ0v) is 14.4. The Hall–Kier alpha value is -3.39. The second-order valence-corrected chi connectivity index (χ2v) is 6.52. The van der Waals surface area contributed by atoms with Gasteiger partial charge in [-0.15, -0.1) is 0 Å². The predicted octanol–water partition coefficient (Wildman–Crippen LogP) is 6.50. The van der Waals surface area contributed by atoms with E-state index in [9.17, 15) is 0 Å². The molecule has 124 valence electrons. The van der Waals surface area contributed by atoms with Crippen molar-refractivity contribution >= 4 is 0 Å². The van der Waals surface area contributed by atoms with Gasteiger partial charge >= 0.3 is 0 Å². The molecule has 1 aliphatic heterocycles. The molecular weight excluding hydrogens is 318 g/mol. The minimum atomic E-state index is 0.875. The van der Waals surface area contributed by atoms with Crippen LogP contribution in [0.2, 0.25) is 0 Å². The summed E-state index contributed by atoms with van der Waals surface area (Å²) in [5, 5.41) is 0. The molecule has 0 atom stereocenters. The molecule has 0 N–H and O–H groups in total. The van der Waals surface area contributed by atoms with E-state index in [2.05, 4.69) is 72.6 Å². The number of pyridine rings is 1. The van der Waals surface area contributed by atoms with Gasteiger partial charge in [0.2, 0.25) is 0 Å². The molecule has 2 heteroatoms. The van der Waals surface area contributed by atoms with Gasteiger partial charge in [0.25, 0.3) is 0 Å². The van der Waals surface area contributed by atoms with Crippen LogP contribution in [0.25, 0.3) is 33.5 Å². The number of nitrogens with zero attached hydrogens (tertiary/aromatic N) is 1. The molecule has 2 heterocycles. The largest absolute Gasteiger partial charge is 0.456 e. The van der Waals surface area contributed by atoms with Gasteiger partial charge in [-0.1, -0.05) is 48.5 Å². The van der Waals surface area contributed by atoms with Gasteiger partial charge < -0.3 is 4.74 Å². The van der Waals surface area contributed by atoms with Crippen LogP contribution in [-0.2, 0) is 0 Å². The SMILES string of the molecule is Cc1cccnc1-c1ccc2c(c1)-c1ccccc1-c1ccccc1O2. The smallest absolute Gasteiger partial charge is 0.135 e. The second-order valence-electron chi connectivity index (χ2n) is 6.52. The first kappa shape index (κ1) is 14.9. The number of aromatic nitrogens is 1. The molecule has 0 bridgehead atoms. The summed E-state index contributed by atoms with van der Waals surface area (Å²) in [5.74, 6) is 1.76. The van der Waals surface area contributed by atoms with Gasteiger partial charge in [-0.25, -0.2) is 0 Å². The first-order valence-electron chi connectivity index (χ1n) is 8.74. The Morgan fingerprint density at radius 2 is 1.35 bits per heavy atom. The van der Waals surface area contributed by atoms with Crippen LogP contribution in [0.5, 0.6) is 11.5 Å². The normalized spacial score (nSPS) is 11.6. The molecule has 0 amide bonds. The monoisotopic (exact) mass is 335 g/mol. The number of hydrogen-bond donors (Lipinski definition) is 0. The van der Waals surface area contributed by atoms with Crippen molar-refractivity contribution in [2.45, 2.75) is 6.92 Å². The summed E-state index contributed by atoms with van der Waals surface area (Å²) in [5.41, 5.74) is 7.87. The van der Waals surface area contributed by atoms with Crippen molar-refractivity contribution in [3.8, 4) is 45.0 Å². The van der Waals surface area contributed by atoms with Gasteiger partial charge in [-0.3, -0.25) is 4.98 Å². The molecule has 26 heavy (non-hydrogen) atoms. The minimum absolute atomic E-state index is 0.875. The lowest BCUT2D eigenvalue weighted by atomic mass is 9.93. The lowest BCUT2D eigenvalue weighted by Crippen LogP contribution is -1.90. The lowest BCUT2D eigenvalue weighted by Gasteiger charge is -2.12. The number of ether oxygens (including phenoxy) is 1. The van der Waals surface area contributed by atoms with Crippen LogP contribution in [0.4, 0.5) is 0 Å². The van der Waals surface area contributed by atoms with E-state index in [1.807, 2.05) is 24.4 Å². The van der Waals surface area contributed by atoms with E-state index in [1.54, 1.807) is 0 Å². The molecule has 0 saturated heterocycles. The quantitative estimate of drug-likeness (QED) is 0.349. The highest BCUT2D eigenvalue weighted by molar-refractivity contribution is 5.91. The number of para-hydroxylation sites is 1. The van der Waals surface area contributed by atoms with Crippen molar-refractivity contribution in [2.24, 2.45) is 0 Å². The fourth-order valence-electron chi connectivity index (χ4n) is 3.61. The number of rotatable bonds is 1. The van der Waals surface area contributed by atoms with Crippen molar-refractivity contribution in [1.29, 1.82) is 0 Å². The molecule has 0 unspecified atom stereocenters. The summed E-state index contributed by atoms with van der Waals surface area (Å²) < 4.78 is 6.29. The average Bonchev–Trinajstić information content (AvgIpc) is 2.83. The molecule has 1 aromatic heterocycles. The highest BCUT2D eigenvalue weighted by atomic mass is 16.5. The van der Waals surface area contributed by atoms with Crippen LogP contribution in [0.3, 0.4) is 0 Å². The van der Waals surface area contributed by atoms with Crippen LogP contribution < -0.4 is 4.74 Å². The zero-order valence-electron chi connectivity index (χ0n) is 14.4. The van der Waals surface area contributed by atoms with Crippen molar-refractivity contribution in [3.63, 3.8) is 0 Å². The molecule has 0 fully saturated rings. The van der Waals surface area contributed by atoms with Gasteiger partial charge in [-0.2, -0.15) is 0 Å². The second kappa shape index (κ2) is 5.85. The summed E-state index contributed by atoms with van der Waals surface area (Å²) >= 11 is 0. The van der Waals surface area contributed by atoms with Gasteiger partial charge in [0.15, 0.2) is 0 Å². The van der Waals surface area contributed by atoms with E-state index in [-0.39, 0.29) is 0 Å². The van der Waals surface area contributed by atoms with E-state index >= 15 is 0 Å². The average molecular weight is 335 g/mol. The summed E-state index contributed by atoms with van der Waals surface area (Å²) in [6, 6.07) is 27.1. The van der Waals surface area contributed by atoms with Crippen molar-refractivity contribution < 1.29 is 4.74 Å². The summed E-state index contributed by atoms with van der Waals surface area (Å²) in [6.07, 6.45) is 1.84. The Morgan fingerprint density at radius 3 is 2.15 bits per heavy atom. The third kappa shape index (κ3) is 2.31. The van der Waals surface area contributed by atoms with Gasteiger partial charge in [0, 0.05) is 22.9 Å². The standard InChI is InChI=1S/C24H17NO/c1-16-7-6-14-25-24(16)17-12-13-23-21(15-17)19-9-3-2-8-18(19)20-10-4-5-11-22(20)26-23/h2-15H,1H3. The minimum Gasteiger partial charge on any atom is -0.456 e. The third-order valence-electron chi connectivity index (χ3n) is 4.88. The van der Waals surface area contributed by atoms with E-state index in [1.165, 1.54) is 16.7 Å². The Morgan fingerprint density at radius 1 is 0.654 bits per heavy atom. The van der Waals surface area contributed by atoms with Crippen LogP contribution in [-0.4, -0.2) is 4.98 Å². The highest BCUT2D eigenvalue weighted by Crippen LogP contribution is 2.47. The Kier molecular flexibility index (Phi) is 3.36. The molecule has 3 aromatic carbocycles. The molecule has 0 saturated carbocycles. The van der Waals surface area contributed by atoms with Crippen molar-refractivity contribution in [3.05, 3.63) is 90.6 Å². The number of hydrogen-bond acceptors (Lipinski definition) is 2. The number of fused-ring (bicyclic) bond motifs is 5. The first-order valence-corrected chi connectivity index (χ1v) is 8.74. The molecule has 0 aliphatic carbocycles. The summed E-state index contributed by atoms with van der Waals surface area (Å²) in [6.45, 7) is 2.09. The molecule has 1 aliphatic rings. The molecule has 0 radical (unpaired) electrons. The maximum atomic E-state index is 6.29. The lowest BCUT2D eigenvalue weighted by molar-refractivity contribution is 0.488. The fraction of sp³-hybridized carbons (Fsp3) is 0.0417. The Labute approximate surface area is 152 Å². The van der Waals surface area contributed by atoms with E-state index in [4.69, 9.17) is 4.74 Å². The maximum Gasteiger partial charge on any atom is 0.135 e. The van der Waals surface area contributed by atoms with E-state index in [0.717, 1.165) is 33.9 Å². The van der Waals surface area contributed by atoms with Crippen LogP contribution in [0.15, 0.2) is 85.1 Å². The predicted molar refractivity (Wildman–Crippen MR) is 105 cm³/mol. The molecule has 5 rings (SSSR count). The molecule has 4 aromatic rings. The Bertz CT molecular complexity index is 1130. The van der Waals surface area contributed by atoms with Gasteiger partial charge in [-0.05, 0) is 53.9 Å². The van der Waals surface area contributed by atoms with Crippen molar-refractivity contribution in [2.75, 3.05) is 0 Å². The third-order valence-corrected chi connectivity index (χ3v) is 4.88. The summed E-state index contributed by atoms with van der Waals surface area (Å²) in [4.78, 5) is 4.58. The van der Waals surface area contributed by atoms with E-state index < -0.39 is 0 Å². The maximum absolute atomic E-state index is 6.29. The fourth-order valence-corrected chi connectivity index (χ4v) is 3.61. The van der Waals surface area contributed by atoms with Crippen LogP contribution >= 0.6 is 0 Å². The molecule has 0 spiro atoms. The van der Waals surface area contributed by atoms with Crippen LogP contribution in [0, 0.1) is 6.92 Å². The van der Waals surface area contributed by atoms with Gasteiger partial charge in [0.05, 0.1) is 5.69 Å². The molecular formula is C24H17NO. The first-order chi connectivity index (χ1) is 12.8.